The average Bonchev–Trinajstić information content (AvgIpc) is 3.20. The molecular weight excluding hydrogens is 244 g/mol. The minimum Gasteiger partial charge on any atom is -0.435 e. The topological polar surface area (TPSA) is 52.6 Å². The molecule has 0 radical (unpaired) electrons. The third-order valence-electron chi connectivity index (χ3n) is 2.79. The number of ether oxygens (including phenoxy) is 2. The van der Waals surface area contributed by atoms with Gasteiger partial charge in [-0.2, -0.15) is 0 Å². The van der Waals surface area contributed by atoms with E-state index in [2.05, 4.69) is 17.9 Å². The number of carbonyl (C=O) groups excluding carboxylic acids is 2. The van der Waals surface area contributed by atoms with Gasteiger partial charge in [0.2, 0.25) is 0 Å². The van der Waals surface area contributed by atoms with Crippen LogP contribution in [0.4, 0.5) is 0 Å². The number of rotatable bonds is 6. The van der Waals surface area contributed by atoms with Crippen molar-refractivity contribution in [2.24, 2.45) is 11.8 Å². The monoisotopic (exact) mass is 266 g/mol. The quantitative estimate of drug-likeness (QED) is 0.546. The predicted octanol–water partition coefficient (Wildman–Crippen LogP) is 3.34. The van der Waals surface area contributed by atoms with Crippen LogP contribution in [0.5, 0.6) is 0 Å². The molecule has 0 heterocycles. The Kier molecular flexibility index (Phi) is 6.33. The summed E-state index contributed by atoms with van der Waals surface area (Å²) in [5, 5.41) is 0. The predicted molar refractivity (Wildman–Crippen MR) is 71.9 cm³/mol. The smallest absolute Gasteiger partial charge is 0.313 e. The zero-order valence-corrected chi connectivity index (χ0v) is 11.5. The summed E-state index contributed by atoms with van der Waals surface area (Å²) in [5.41, 5.74) is 0. The van der Waals surface area contributed by atoms with Crippen LogP contribution in [0, 0.1) is 11.8 Å². The van der Waals surface area contributed by atoms with E-state index in [1.807, 2.05) is 6.92 Å². The van der Waals surface area contributed by atoms with Gasteiger partial charge in [-0.05, 0) is 32.1 Å². The Morgan fingerprint density at radius 2 is 1.68 bits per heavy atom. The first-order valence-corrected chi connectivity index (χ1v) is 6.79. The molecule has 0 bridgehead atoms. The molecule has 0 N–H and O–H groups in total. The Labute approximate surface area is 114 Å². The van der Waals surface area contributed by atoms with Crippen LogP contribution in [0.25, 0.3) is 0 Å². The van der Waals surface area contributed by atoms with Gasteiger partial charge in [-0.25, -0.2) is 0 Å². The van der Waals surface area contributed by atoms with Crippen molar-refractivity contribution >= 4 is 11.9 Å². The fraction of sp³-hybridized carbons (Fsp3) is 0.600. The summed E-state index contributed by atoms with van der Waals surface area (Å²) in [4.78, 5) is 21.5. The number of hydrogen-bond donors (Lipinski definition) is 0. The summed E-state index contributed by atoms with van der Waals surface area (Å²) in [6.45, 7) is 8.96. The van der Waals surface area contributed by atoms with Gasteiger partial charge in [0.05, 0.1) is 18.1 Å². The van der Waals surface area contributed by atoms with E-state index in [0.29, 0.717) is 5.76 Å². The van der Waals surface area contributed by atoms with E-state index in [1.54, 1.807) is 0 Å². The van der Waals surface area contributed by atoms with Crippen molar-refractivity contribution in [3.05, 3.63) is 25.2 Å². The van der Waals surface area contributed by atoms with Crippen LogP contribution in [0.2, 0.25) is 0 Å². The zero-order valence-electron chi connectivity index (χ0n) is 11.5. The maximum Gasteiger partial charge on any atom is 0.313 e. The molecular formula is C15H22O4. The second-order valence-corrected chi connectivity index (χ2v) is 4.86. The number of hydrogen-bond acceptors (Lipinski definition) is 4. The molecule has 106 valence electrons. The lowest BCUT2D eigenvalue weighted by Crippen LogP contribution is -2.05. The normalized spacial score (nSPS) is 16.7. The summed E-state index contributed by atoms with van der Waals surface area (Å²) in [6.07, 6.45) is 6.94. The van der Waals surface area contributed by atoms with E-state index >= 15 is 0 Å². The van der Waals surface area contributed by atoms with Crippen LogP contribution in [-0.2, 0) is 19.1 Å². The highest BCUT2D eigenvalue weighted by Gasteiger charge is 2.31. The Morgan fingerprint density at radius 1 is 1.16 bits per heavy atom. The van der Waals surface area contributed by atoms with Crippen LogP contribution in [0.3, 0.4) is 0 Å². The second-order valence-electron chi connectivity index (χ2n) is 4.86. The highest BCUT2D eigenvalue weighted by molar-refractivity contribution is 5.76. The molecule has 2 fully saturated rings. The summed E-state index contributed by atoms with van der Waals surface area (Å²) in [6, 6.07) is 0. The lowest BCUT2D eigenvalue weighted by molar-refractivity contribution is -0.141. The van der Waals surface area contributed by atoms with E-state index in [0.717, 1.165) is 38.5 Å². The van der Waals surface area contributed by atoms with Crippen molar-refractivity contribution in [1.82, 2.24) is 0 Å². The van der Waals surface area contributed by atoms with E-state index in [4.69, 9.17) is 4.74 Å². The molecule has 19 heavy (non-hydrogen) atoms. The SMILES string of the molecule is C=C(CCC)OC(=O)C1CC1.C=COC(=O)C1CC1. The molecule has 2 aliphatic carbocycles. The van der Waals surface area contributed by atoms with Gasteiger partial charge in [-0.1, -0.05) is 20.1 Å². The molecule has 4 nitrogen and oxygen atoms in total. The number of esters is 2. The summed E-state index contributed by atoms with van der Waals surface area (Å²) in [5.74, 6) is 0.782. The molecule has 0 amide bonds. The lowest BCUT2D eigenvalue weighted by atomic mass is 10.3. The first-order chi connectivity index (χ1) is 9.08. The molecule has 0 aromatic heterocycles. The molecule has 0 aromatic rings. The molecule has 0 saturated heterocycles. The van der Waals surface area contributed by atoms with Gasteiger partial charge in [-0.3, -0.25) is 9.59 Å². The van der Waals surface area contributed by atoms with Gasteiger partial charge < -0.3 is 9.47 Å². The summed E-state index contributed by atoms with van der Waals surface area (Å²) in [7, 11) is 0. The molecule has 2 rings (SSSR count). The van der Waals surface area contributed by atoms with Crippen molar-refractivity contribution in [3.8, 4) is 0 Å². The minimum absolute atomic E-state index is 0.0801. The van der Waals surface area contributed by atoms with Gasteiger partial charge in [0.1, 0.15) is 5.76 Å². The van der Waals surface area contributed by atoms with Crippen LogP contribution in [0.1, 0.15) is 45.4 Å². The minimum atomic E-state index is -0.125. The molecule has 0 spiro atoms. The number of carbonyl (C=O) groups is 2. The van der Waals surface area contributed by atoms with Gasteiger partial charge in [0.25, 0.3) is 0 Å². The van der Waals surface area contributed by atoms with Crippen LogP contribution in [-0.4, -0.2) is 11.9 Å². The first-order valence-electron chi connectivity index (χ1n) is 6.79. The Hall–Kier alpha value is -1.58. The van der Waals surface area contributed by atoms with E-state index in [1.165, 1.54) is 6.26 Å². The van der Waals surface area contributed by atoms with Gasteiger partial charge in [0, 0.05) is 6.42 Å². The maximum absolute atomic E-state index is 11.0. The third-order valence-corrected chi connectivity index (χ3v) is 2.79. The summed E-state index contributed by atoms with van der Waals surface area (Å²) < 4.78 is 9.47. The largest absolute Gasteiger partial charge is 0.435 e. The molecule has 0 aromatic carbocycles. The Balaban J connectivity index is 0.000000200. The van der Waals surface area contributed by atoms with Crippen LogP contribution < -0.4 is 0 Å². The van der Waals surface area contributed by atoms with Crippen molar-refractivity contribution < 1.29 is 19.1 Å². The fourth-order valence-corrected chi connectivity index (χ4v) is 1.37. The van der Waals surface area contributed by atoms with Gasteiger partial charge >= 0.3 is 11.9 Å². The molecule has 0 unspecified atom stereocenters. The highest BCUT2D eigenvalue weighted by Crippen LogP contribution is 2.31. The zero-order chi connectivity index (χ0) is 14.3. The second kappa shape index (κ2) is 7.77. The Morgan fingerprint density at radius 3 is 2.11 bits per heavy atom. The highest BCUT2D eigenvalue weighted by atomic mass is 16.5. The lowest BCUT2D eigenvalue weighted by Gasteiger charge is -2.03. The van der Waals surface area contributed by atoms with Gasteiger partial charge in [0.15, 0.2) is 0 Å². The van der Waals surface area contributed by atoms with E-state index in [9.17, 15) is 9.59 Å². The van der Waals surface area contributed by atoms with E-state index in [-0.39, 0.29) is 23.8 Å². The Bertz CT molecular complexity index is 351. The molecule has 0 atom stereocenters. The van der Waals surface area contributed by atoms with Crippen LogP contribution >= 0.6 is 0 Å². The van der Waals surface area contributed by atoms with Crippen molar-refractivity contribution in [1.29, 1.82) is 0 Å². The molecule has 2 saturated carbocycles. The molecule has 0 aliphatic heterocycles. The van der Waals surface area contributed by atoms with Crippen molar-refractivity contribution in [3.63, 3.8) is 0 Å². The van der Waals surface area contributed by atoms with Crippen LogP contribution in [0.15, 0.2) is 25.2 Å². The fourth-order valence-electron chi connectivity index (χ4n) is 1.37. The van der Waals surface area contributed by atoms with E-state index < -0.39 is 0 Å². The standard InChI is InChI=1S/C9H14O2.C6H8O2/c1-3-4-7(2)11-9(10)8-5-6-8;1-2-8-6(7)5-3-4-5/h8H,2-6H2,1H3;2,5H,1,3-4H2. The van der Waals surface area contributed by atoms with Crippen molar-refractivity contribution in [2.45, 2.75) is 45.4 Å². The van der Waals surface area contributed by atoms with Crippen molar-refractivity contribution in [2.75, 3.05) is 0 Å². The van der Waals surface area contributed by atoms with Gasteiger partial charge in [-0.15, -0.1) is 0 Å². The third kappa shape index (κ3) is 6.79. The molecule has 4 heteroatoms. The average molecular weight is 266 g/mol. The number of allylic oxidation sites excluding steroid dienone is 1. The first kappa shape index (κ1) is 15.5. The molecule has 2 aliphatic rings. The maximum atomic E-state index is 11.0. The summed E-state index contributed by atoms with van der Waals surface area (Å²) >= 11 is 0.